The molecule has 7 heteroatoms. The molecule has 2 aliphatic rings. The Bertz CT molecular complexity index is 689. The van der Waals surface area contributed by atoms with Crippen LogP contribution in [0.2, 0.25) is 0 Å². The summed E-state index contributed by atoms with van der Waals surface area (Å²) in [7, 11) is 0. The molecule has 1 aromatic carbocycles. The van der Waals surface area contributed by atoms with E-state index in [-0.39, 0.29) is 24.0 Å². The molecule has 1 aromatic rings. The summed E-state index contributed by atoms with van der Waals surface area (Å²) in [6.45, 7) is 9.48. The Labute approximate surface area is 198 Å². The fraction of sp³-hybridized carbons (Fsp3) is 0.652. The van der Waals surface area contributed by atoms with E-state index in [1.165, 1.54) is 32.1 Å². The van der Waals surface area contributed by atoms with Gasteiger partial charge in [-0.15, -0.1) is 24.0 Å². The van der Waals surface area contributed by atoms with Crippen LogP contribution in [-0.2, 0) is 11.3 Å². The number of guanidine groups is 1. The predicted molar refractivity (Wildman–Crippen MR) is 132 cm³/mol. The lowest BCUT2D eigenvalue weighted by Crippen LogP contribution is -2.51. The monoisotopic (exact) mass is 525 g/mol. The minimum atomic E-state index is 0. The van der Waals surface area contributed by atoms with Crippen LogP contribution in [-0.4, -0.2) is 56.8 Å². The average molecular weight is 525 g/mol. The van der Waals surface area contributed by atoms with Gasteiger partial charge in [-0.3, -0.25) is 4.90 Å². The summed E-state index contributed by atoms with van der Waals surface area (Å²) >= 11 is 0. The summed E-state index contributed by atoms with van der Waals surface area (Å²) in [6, 6.07) is 9.82. The van der Waals surface area contributed by atoms with Crippen LogP contribution in [0.5, 0.6) is 0 Å². The highest BCUT2D eigenvalue weighted by Crippen LogP contribution is 2.36. The van der Waals surface area contributed by atoms with E-state index in [2.05, 4.69) is 28.5 Å². The van der Waals surface area contributed by atoms with Crippen molar-refractivity contribution in [2.24, 2.45) is 10.4 Å². The van der Waals surface area contributed by atoms with Gasteiger partial charge in [0.25, 0.3) is 0 Å². The Hall–Kier alpha value is -1.37. The van der Waals surface area contributed by atoms with Gasteiger partial charge in [-0.2, -0.15) is 5.26 Å². The molecular formula is C23H36IN5O. The molecule has 30 heavy (non-hydrogen) atoms. The van der Waals surface area contributed by atoms with Crippen LogP contribution in [0, 0.1) is 16.7 Å². The van der Waals surface area contributed by atoms with Gasteiger partial charge < -0.3 is 15.4 Å². The highest BCUT2D eigenvalue weighted by atomic mass is 127. The van der Waals surface area contributed by atoms with E-state index in [0.717, 1.165) is 57.5 Å². The summed E-state index contributed by atoms with van der Waals surface area (Å²) in [5.74, 6) is 0.879. The number of aliphatic imine (C=N–C) groups is 1. The molecule has 1 aliphatic heterocycles. The van der Waals surface area contributed by atoms with Crippen molar-refractivity contribution in [3.8, 4) is 6.07 Å². The number of rotatable bonds is 7. The van der Waals surface area contributed by atoms with E-state index in [1.54, 1.807) is 0 Å². The van der Waals surface area contributed by atoms with Crippen molar-refractivity contribution >= 4 is 29.9 Å². The molecule has 0 spiro atoms. The van der Waals surface area contributed by atoms with Gasteiger partial charge in [0.15, 0.2) is 5.96 Å². The number of nitrogens with one attached hydrogen (secondary N) is 2. The smallest absolute Gasteiger partial charge is 0.191 e. The lowest BCUT2D eigenvalue weighted by molar-refractivity contribution is 0.00820. The highest BCUT2D eigenvalue weighted by molar-refractivity contribution is 14.0. The van der Waals surface area contributed by atoms with E-state index < -0.39 is 0 Å². The van der Waals surface area contributed by atoms with Gasteiger partial charge >= 0.3 is 0 Å². The molecule has 0 atom stereocenters. The molecule has 166 valence electrons. The fourth-order valence-corrected chi connectivity index (χ4v) is 4.39. The van der Waals surface area contributed by atoms with E-state index >= 15 is 0 Å². The summed E-state index contributed by atoms with van der Waals surface area (Å²) in [4.78, 5) is 7.36. The van der Waals surface area contributed by atoms with Gasteiger partial charge in [0.1, 0.15) is 0 Å². The Morgan fingerprint density at radius 3 is 2.47 bits per heavy atom. The van der Waals surface area contributed by atoms with Crippen molar-refractivity contribution in [1.29, 1.82) is 5.26 Å². The minimum Gasteiger partial charge on any atom is -0.379 e. The third-order valence-corrected chi connectivity index (χ3v) is 6.05. The first-order valence-corrected chi connectivity index (χ1v) is 11.0. The lowest BCUT2D eigenvalue weighted by Gasteiger charge is -2.42. The number of ether oxygens (including phenoxy) is 1. The lowest BCUT2D eigenvalue weighted by atomic mass is 9.73. The predicted octanol–water partition coefficient (Wildman–Crippen LogP) is 3.51. The number of benzene rings is 1. The van der Waals surface area contributed by atoms with Gasteiger partial charge in [-0.1, -0.05) is 31.4 Å². The fourth-order valence-electron chi connectivity index (χ4n) is 4.39. The van der Waals surface area contributed by atoms with Crippen LogP contribution < -0.4 is 10.6 Å². The summed E-state index contributed by atoms with van der Waals surface area (Å²) in [5.41, 5.74) is 2.12. The Kier molecular flexibility index (Phi) is 10.9. The van der Waals surface area contributed by atoms with Crippen molar-refractivity contribution in [2.45, 2.75) is 45.6 Å². The average Bonchev–Trinajstić information content (AvgIpc) is 2.77. The zero-order valence-corrected chi connectivity index (χ0v) is 20.5. The summed E-state index contributed by atoms with van der Waals surface area (Å²) in [6.07, 6.45) is 6.58. The molecule has 3 rings (SSSR count). The molecular weight excluding hydrogens is 489 g/mol. The van der Waals surface area contributed by atoms with Crippen molar-refractivity contribution in [2.75, 3.05) is 45.9 Å². The maximum Gasteiger partial charge on any atom is 0.191 e. The number of nitrogens with zero attached hydrogens (tertiary/aromatic N) is 3. The van der Waals surface area contributed by atoms with Crippen LogP contribution in [0.1, 0.15) is 50.2 Å². The number of halogens is 1. The van der Waals surface area contributed by atoms with Crippen LogP contribution in [0.25, 0.3) is 0 Å². The van der Waals surface area contributed by atoms with Crippen LogP contribution in [0.15, 0.2) is 29.3 Å². The van der Waals surface area contributed by atoms with Gasteiger partial charge in [-0.05, 0) is 37.5 Å². The molecule has 2 fully saturated rings. The van der Waals surface area contributed by atoms with Crippen LogP contribution in [0.3, 0.4) is 0 Å². The molecule has 1 saturated carbocycles. The first-order valence-electron chi connectivity index (χ1n) is 11.0. The second kappa shape index (κ2) is 13.1. The maximum absolute atomic E-state index is 8.94. The van der Waals surface area contributed by atoms with Gasteiger partial charge in [0, 0.05) is 38.1 Å². The normalized spacial score (nSPS) is 19.4. The van der Waals surface area contributed by atoms with Gasteiger partial charge in [0.2, 0.25) is 0 Å². The zero-order valence-electron chi connectivity index (χ0n) is 18.2. The molecule has 1 aliphatic carbocycles. The second-order valence-electron chi connectivity index (χ2n) is 8.31. The third kappa shape index (κ3) is 7.71. The number of hydrogen-bond acceptors (Lipinski definition) is 4. The molecule has 1 heterocycles. The molecule has 0 amide bonds. The van der Waals surface area contributed by atoms with Crippen molar-refractivity contribution in [3.05, 3.63) is 35.4 Å². The third-order valence-electron chi connectivity index (χ3n) is 6.05. The SMILES string of the molecule is CCNC(=NCc1ccc(C#N)cc1)NCC1(CN2CCOCC2)CCCCC1.I. The summed E-state index contributed by atoms with van der Waals surface area (Å²) in [5, 5.41) is 16.0. The Balaban J connectivity index is 0.00000320. The van der Waals surface area contributed by atoms with Crippen molar-refractivity contribution in [3.63, 3.8) is 0 Å². The van der Waals surface area contributed by atoms with Crippen molar-refractivity contribution < 1.29 is 4.74 Å². The number of nitriles is 1. The Morgan fingerprint density at radius 1 is 1.13 bits per heavy atom. The largest absolute Gasteiger partial charge is 0.379 e. The summed E-state index contributed by atoms with van der Waals surface area (Å²) < 4.78 is 5.54. The van der Waals surface area contributed by atoms with E-state index in [4.69, 9.17) is 15.0 Å². The van der Waals surface area contributed by atoms with E-state index in [0.29, 0.717) is 17.5 Å². The first kappa shape index (κ1) is 24.9. The topological polar surface area (TPSA) is 72.7 Å². The first-order chi connectivity index (χ1) is 14.2. The molecule has 0 radical (unpaired) electrons. The number of hydrogen-bond donors (Lipinski definition) is 2. The quantitative estimate of drug-likeness (QED) is 0.324. The minimum absolute atomic E-state index is 0. The second-order valence-corrected chi connectivity index (χ2v) is 8.31. The molecule has 1 saturated heterocycles. The zero-order chi connectivity index (χ0) is 20.4. The van der Waals surface area contributed by atoms with Crippen molar-refractivity contribution in [1.82, 2.24) is 15.5 Å². The maximum atomic E-state index is 8.94. The van der Waals surface area contributed by atoms with Gasteiger partial charge in [0.05, 0.1) is 31.4 Å². The molecule has 2 N–H and O–H groups in total. The molecule has 0 bridgehead atoms. The van der Waals surface area contributed by atoms with Crippen LogP contribution in [0.4, 0.5) is 0 Å². The molecule has 0 aromatic heterocycles. The standard InChI is InChI=1S/C23H35N5O.HI/c1-2-25-22(26-17-21-8-6-20(16-24)7-9-21)27-18-23(10-4-3-5-11-23)19-28-12-14-29-15-13-28;/h6-9H,2-5,10-15,17-19H2,1H3,(H2,25,26,27);1H. The Morgan fingerprint density at radius 2 is 1.83 bits per heavy atom. The molecule has 0 unspecified atom stereocenters. The van der Waals surface area contributed by atoms with E-state index in [1.807, 2.05) is 24.3 Å². The molecule has 6 nitrogen and oxygen atoms in total. The van der Waals surface area contributed by atoms with Gasteiger partial charge in [-0.25, -0.2) is 4.99 Å². The van der Waals surface area contributed by atoms with Crippen LogP contribution >= 0.6 is 24.0 Å². The highest BCUT2D eigenvalue weighted by Gasteiger charge is 2.34. The van der Waals surface area contributed by atoms with E-state index in [9.17, 15) is 0 Å². The number of morpholine rings is 1.